The molecule has 2 heterocycles. The normalized spacial score (nSPS) is 21.0. The fourth-order valence-corrected chi connectivity index (χ4v) is 4.13. The maximum Gasteiger partial charge on any atom is 0.257 e. The number of pyridine rings is 1. The molecule has 0 saturated heterocycles. The lowest BCUT2D eigenvalue weighted by Gasteiger charge is -2.21. The minimum absolute atomic E-state index is 0.0988. The number of ether oxygens (including phenoxy) is 2. The Morgan fingerprint density at radius 2 is 1.93 bits per heavy atom. The highest BCUT2D eigenvalue weighted by molar-refractivity contribution is 5.98. The van der Waals surface area contributed by atoms with Crippen LogP contribution in [0.15, 0.2) is 10.9 Å². The minimum atomic E-state index is -0.104. The first-order chi connectivity index (χ1) is 13.2. The number of carbonyl (C=O) groups is 1. The van der Waals surface area contributed by atoms with Gasteiger partial charge in [-0.25, -0.2) is 0 Å². The summed E-state index contributed by atoms with van der Waals surface area (Å²) < 4.78 is 13.2. The molecule has 0 aromatic carbocycles. The number of nitrogens with zero attached hydrogens (tertiary/aromatic N) is 1. The molecule has 1 N–H and O–H groups in total. The molecule has 1 aliphatic heterocycles. The summed E-state index contributed by atoms with van der Waals surface area (Å²) in [6.45, 7) is 2.10. The molecule has 2 fully saturated rings. The van der Waals surface area contributed by atoms with Gasteiger partial charge in [0.2, 0.25) is 0 Å². The second kappa shape index (κ2) is 8.46. The van der Waals surface area contributed by atoms with Crippen molar-refractivity contribution >= 4 is 5.91 Å². The quantitative estimate of drug-likeness (QED) is 0.805. The molecule has 148 valence electrons. The number of hydrogen-bond acceptors (Lipinski definition) is 4. The summed E-state index contributed by atoms with van der Waals surface area (Å²) in [6.07, 6.45) is 9.77. The van der Waals surface area contributed by atoms with Crippen LogP contribution in [0.3, 0.4) is 0 Å². The maximum absolute atomic E-state index is 13.3. The van der Waals surface area contributed by atoms with Gasteiger partial charge in [-0.3, -0.25) is 9.59 Å². The third kappa shape index (κ3) is 4.54. The van der Waals surface area contributed by atoms with E-state index in [1.807, 2.05) is 0 Å². The number of aromatic nitrogens is 1. The lowest BCUT2D eigenvalue weighted by molar-refractivity contribution is 0.0926. The zero-order chi connectivity index (χ0) is 18.6. The van der Waals surface area contributed by atoms with Gasteiger partial charge in [-0.1, -0.05) is 25.7 Å². The second-order valence-corrected chi connectivity index (χ2v) is 8.10. The Morgan fingerprint density at radius 3 is 2.67 bits per heavy atom. The molecule has 27 heavy (non-hydrogen) atoms. The van der Waals surface area contributed by atoms with Crippen LogP contribution in [0.4, 0.5) is 0 Å². The molecular formula is C21H30N2O4. The summed E-state index contributed by atoms with van der Waals surface area (Å²) in [5, 5.41) is 3.23. The average molecular weight is 374 g/mol. The highest BCUT2D eigenvalue weighted by Gasteiger charge is 2.28. The van der Waals surface area contributed by atoms with Gasteiger partial charge in [0, 0.05) is 30.8 Å². The largest absolute Gasteiger partial charge is 0.492 e. The third-order valence-corrected chi connectivity index (χ3v) is 5.91. The summed E-state index contributed by atoms with van der Waals surface area (Å²) >= 11 is 0. The van der Waals surface area contributed by atoms with Gasteiger partial charge in [-0.2, -0.15) is 0 Å². The van der Waals surface area contributed by atoms with Gasteiger partial charge < -0.3 is 19.4 Å². The number of hydrogen-bond donors (Lipinski definition) is 1. The van der Waals surface area contributed by atoms with Gasteiger partial charge >= 0.3 is 0 Å². The zero-order valence-corrected chi connectivity index (χ0v) is 16.0. The van der Waals surface area contributed by atoms with E-state index in [4.69, 9.17) is 9.47 Å². The van der Waals surface area contributed by atoms with Gasteiger partial charge in [-0.05, 0) is 31.6 Å². The Kier molecular flexibility index (Phi) is 5.81. The number of amides is 1. The van der Waals surface area contributed by atoms with Gasteiger partial charge in [0.05, 0.1) is 19.8 Å². The highest BCUT2D eigenvalue weighted by atomic mass is 16.5. The zero-order valence-electron chi connectivity index (χ0n) is 16.0. The van der Waals surface area contributed by atoms with Gasteiger partial charge in [0.1, 0.15) is 11.3 Å². The van der Waals surface area contributed by atoms with Crippen LogP contribution in [0.2, 0.25) is 0 Å². The predicted octanol–water partition coefficient (Wildman–Crippen LogP) is 2.66. The predicted molar refractivity (Wildman–Crippen MR) is 102 cm³/mol. The molecular weight excluding hydrogens is 344 g/mol. The molecule has 2 aliphatic carbocycles. The summed E-state index contributed by atoms with van der Waals surface area (Å²) in [7, 11) is 0. The second-order valence-electron chi connectivity index (χ2n) is 8.10. The van der Waals surface area contributed by atoms with Crippen molar-refractivity contribution in [2.45, 2.75) is 70.4 Å². The molecule has 6 nitrogen and oxygen atoms in total. The van der Waals surface area contributed by atoms with Crippen molar-refractivity contribution in [2.75, 3.05) is 19.8 Å². The van der Waals surface area contributed by atoms with Crippen LogP contribution in [0.1, 0.15) is 67.4 Å². The van der Waals surface area contributed by atoms with Crippen LogP contribution in [-0.4, -0.2) is 36.3 Å². The highest BCUT2D eigenvalue weighted by Crippen LogP contribution is 2.31. The van der Waals surface area contributed by atoms with E-state index in [1.54, 1.807) is 4.57 Å². The molecule has 4 rings (SSSR count). The first kappa shape index (κ1) is 18.5. The fraction of sp³-hybridized carbons (Fsp3) is 0.714. The summed E-state index contributed by atoms with van der Waals surface area (Å²) in [5.41, 5.74) is 1.20. The molecule has 0 atom stereocenters. The van der Waals surface area contributed by atoms with E-state index < -0.39 is 0 Å². The standard InChI is InChI=1S/C21H30N2O4/c24-19-13-18(27-14-15-7-8-15)20(17-9-11-26-12-10-23(17)19)21(25)22-16-5-3-1-2-4-6-16/h13,15-16H,1-12,14H2,(H,22,25). The summed E-state index contributed by atoms with van der Waals surface area (Å²) in [4.78, 5) is 25.9. The van der Waals surface area contributed by atoms with E-state index in [0.29, 0.717) is 50.0 Å². The molecule has 0 unspecified atom stereocenters. The average Bonchev–Trinajstić information content (AvgIpc) is 3.49. The Morgan fingerprint density at radius 1 is 1.15 bits per heavy atom. The number of carbonyl (C=O) groups excluding carboxylic acids is 1. The SMILES string of the molecule is O=C(NC1CCCCCC1)c1c(OCC2CC2)cc(=O)n2c1CCOCC2. The topological polar surface area (TPSA) is 69.6 Å². The van der Waals surface area contributed by atoms with Crippen LogP contribution in [0, 0.1) is 5.92 Å². The van der Waals surface area contributed by atoms with Crippen LogP contribution in [0.5, 0.6) is 5.75 Å². The number of rotatable bonds is 5. The molecule has 0 spiro atoms. The Balaban J connectivity index is 1.64. The lowest BCUT2D eigenvalue weighted by Crippen LogP contribution is -2.37. The summed E-state index contributed by atoms with van der Waals surface area (Å²) in [6, 6.07) is 1.71. The fourth-order valence-electron chi connectivity index (χ4n) is 4.13. The third-order valence-electron chi connectivity index (χ3n) is 5.91. The van der Waals surface area contributed by atoms with Crippen LogP contribution in [0.25, 0.3) is 0 Å². The van der Waals surface area contributed by atoms with Gasteiger partial charge in [0.25, 0.3) is 11.5 Å². The van der Waals surface area contributed by atoms with Crippen molar-refractivity contribution < 1.29 is 14.3 Å². The first-order valence-electron chi connectivity index (χ1n) is 10.5. The van der Waals surface area contributed by atoms with E-state index >= 15 is 0 Å². The molecule has 3 aliphatic rings. The molecule has 0 radical (unpaired) electrons. The Labute approximate surface area is 160 Å². The van der Waals surface area contributed by atoms with E-state index in [9.17, 15) is 9.59 Å². The molecule has 6 heteroatoms. The van der Waals surface area contributed by atoms with Crippen LogP contribution >= 0.6 is 0 Å². The van der Waals surface area contributed by atoms with Crippen molar-refractivity contribution in [2.24, 2.45) is 5.92 Å². The maximum atomic E-state index is 13.3. The molecule has 2 saturated carbocycles. The van der Waals surface area contributed by atoms with Crippen molar-refractivity contribution in [3.8, 4) is 5.75 Å². The number of nitrogens with one attached hydrogen (secondary N) is 1. The van der Waals surface area contributed by atoms with Crippen molar-refractivity contribution in [3.63, 3.8) is 0 Å². The lowest BCUT2D eigenvalue weighted by atomic mass is 10.1. The van der Waals surface area contributed by atoms with Gasteiger partial charge in [0.15, 0.2) is 0 Å². The van der Waals surface area contributed by atoms with E-state index in [0.717, 1.165) is 31.4 Å². The monoisotopic (exact) mass is 374 g/mol. The van der Waals surface area contributed by atoms with Crippen LogP contribution < -0.4 is 15.6 Å². The first-order valence-corrected chi connectivity index (χ1v) is 10.5. The Hall–Kier alpha value is -1.82. The van der Waals surface area contributed by atoms with Crippen LogP contribution in [-0.2, 0) is 17.7 Å². The van der Waals surface area contributed by atoms with Crippen molar-refractivity contribution in [1.82, 2.24) is 9.88 Å². The molecule has 1 amide bonds. The van der Waals surface area contributed by atoms with E-state index in [1.165, 1.54) is 31.7 Å². The number of fused-ring (bicyclic) bond motifs is 1. The van der Waals surface area contributed by atoms with Crippen molar-refractivity contribution in [3.05, 3.63) is 27.7 Å². The van der Waals surface area contributed by atoms with E-state index in [-0.39, 0.29) is 17.5 Å². The molecule has 1 aromatic heterocycles. The molecule has 1 aromatic rings. The minimum Gasteiger partial charge on any atom is -0.492 e. The summed E-state index contributed by atoms with van der Waals surface area (Å²) in [5.74, 6) is 0.914. The van der Waals surface area contributed by atoms with Crippen molar-refractivity contribution in [1.29, 1.82) is 0 Å². The van der Waals surface area contributed by atoms with Gasteiger partial charge in [-0.15, -0.1) is 0 Å². The molecule has 0 bridgehead atoms. The smallest absolute Gasteiger partial charge is 0.257 e. The van der Waals surface area contributed by atoms with E-state index in [2.05, 4.69) is 5.32 Å². The Bertz CT molecular complexity index is 730.